The van der Waals surface area contributed by atoms with Crippen LogP contribution >= 0.6 is 0 Å². The highest BCUT2D eigenvalue weighted by atomic mass is 16.6. The second-order valence-electron chi connectivity index (χ2n) is 2.27. The molecular weight excluding hydrogens is 138 g/mol. The number of nitro groups is 1. The highest BCUT2D eigenvalue weighted by Crippen LogP contribution is 2.13. The SMILES string of the molecule is O=C1C[C@H](C[N+](=O)[O-])CO1. The van der Waals surface area contributed by atoms with Gasteiger partial charge in [-0.2, -0.15) is 0 Å². The largest absolute Gasteiger partial charge is 0.465 e. The third-order valence-electron chi connectivity index (χ3n) is 1.34. The minimum absolute atomic E-state index is 0.161. The highest BCUT2D eigenvalue weighted by Gasteiger charge is 2.27. The monoisotopic (exact) mass is 145 g/mol. The molecule has 56 valence electrons. The summed E-state index contributed by atoms with van der Waals surface area (Å²) in [5.74, 6) is -0.533. The van der Waals surface area contributed by atoms with E-state index in [-0.39, 0.29) is 31.5 Å². The Kier molecular flexibility index (Phi) is 1.84. The molecule has 0 aromatic carbocycles. The number of rotatable bonds is 2. The van der Waals surface area contributed by atoms with Crippen molar-refractivity contribution in [2.75, 3.05) is 13.2 Å². The van der Waals surface area contributed by atoms with Crippen LogP contribution in [0.25, 0.3) is 0 Å². The van der Waals surface area contributed by atoms with Crippen molar-refractivity contribution in [3.05, 3.63) is 10.1 Å². The Morgan fingerprint density at radius 1 is 1.80 bits per heavy atom. The van der Waals surface area contributed by atoms with Crippen molar-refractivity contribution in [3.63, 3.8) is 0 Å². The lowest BCUT2D eigenvalue weighted by molar-refractivity contribution is -0.487. The Balaban J connectivity index is 2.31. The van der Waals surface area contributed by atoms with Gasteiger partial charge in [-0.1, -0.05) is 0 Å². The van der Waals surface area contributed by atoms with Gasteiger partial charge in [-0.3, -0.25) is 14.9 Å². The van der Waals surface area contributed by atoms with Crippen LogP contribution in [0, 0.1) is 16.0 Å². The number of esters is 1. The standard InChI is InChI=1S/C5H7NO4/c7-5-1-4(3-10-5)2-6(8)9/h4H,1-3H2/t4-/m1/s1. The van der Waals surface area contributed by atoms with Gasteiger partial charge in [-0.05, 0) is 0 Å². The molecule has 1 heterocycles. The average molecular weight is 145 g/mol. The Labute approximate surface area is 57.1 Å². The van der Waals surface area contributed by atoms with Crippen LogP contribution in [0.2, 0.25) is 0 Å². The van der Waals surface area contributed by atoms with E-state index in [1.165, 1.54) is 0 Å². The normalized spacial score (nSPS) is 24.4. The van der Waals surface area contributed by atoms with Crippen molar-refractivity contribution in [2.45, 2.75) is 6.42 Å². The lowest BCUT2D eigenvalue weighted by Crippen LogP contribution is -2.13. The fraction of sp³-hybridized carbons (Fsp3) is 0.800. The second-order valence-corrected chi connectivity index (χ2v) is 2.27. The molecule has 1 atom stereocenters. The summed E-state index contributed by atoms with van der Waals surface area (Å²) in [4.78, 5) is 19.9. The molecule has 5 heteroatoms. The van der Waals surface area contributed by atoms with Crippen LogP contribution in [-0.2, 0) is 9.53 Å². The summed E-state index contributed by atoms with van der Waals surface area (Å²) in [7, 11) is 0. The maximum atomic E-state index is 10.4. The Morgan fingerprint density at radius 2 is 2.50 bits per heavy atom. The maximum Gasteiger partial charge on any atom is 0.306 e. The van der Waals surface area contributed by atoms with Gasteiger partial charge in [-0.15, -0.1) is 0 Å². The molecule has 1 aliphatic heterocycles. The van der Waals surface area contributed by atoms with Crippen LogP contribution in [0.4, 0.5) is 0 Å². The van der Waals surface area contributed by atoms with E-state index in [1.54, 1.807) is 0 Å². The zero-order chi connectivity index (χ0) is 7.56. The van der Waals surface area contributed by atoms with E-state index in [0.29, 0.717) is 0 Å². The van der Waals surface area contributed by atoms with E-state index in [1.807, 2.05) is 0 Å². The summed E-state index contributed by atoms with van der Waals surface area (Å²) in [6.07, 6.45) is 0.195. The Hall–Kier alpha value is -1.13. The van der Waals surface area contributed by atoms with Gasteiger partial charge >= 0.3 is 5.97 Å². The van der Waals surface area contributed by atoms with Gasteiger partial charge in [-0.25, -0.2) is 0 Å². The number of carbonyl (C=O) groups excluding carboxylic acids is 1. The summed E-state index contributed by atoms with van der Waals surface area (Å²) in [6.45, 7) is 0.0472. The maximum absolute atomic E-state index is 10.4. The summed E-state index contributed by atoms with van der Waals surface area (Å²) < 4.78 is 4.52. The summed E-state index contributed by atoms with van der Waals surface area (Å²) in [5, 5.41) is 9.90. The number of nitrogens with zero attached hydrogens (tertiary/aromatic N) is 1. The van der Waals surface area contributed by atoms with Crippen LogP contribution in [0.3, 0.4) is 0 Å². The number of hydrogen-bond acceptors (Lipinski definition) is 4. The van der Waals surface area contributed by atoms with Crippen LogP contribution < -0.4 is 0 Å². The molecule has 0 aliphatic carbocycles. The van der Waals surface area contributed by atoms with Crippen LogP contribution in [0.15, 0.2) is 0 Å². The van der Waals surface area contributed by atoms with E-state index >= 15 is 0 Å². The molecule has 0 spiro atoms. The molecule has 0 aromatic rings. The van der Waals surface area contributed by atoms with Crippen molar-refractivity contribution in [1.29, 1.82) is 0 Å². The lowest BCUT2D eigenvalue weighted by Gasteiger charge is -1.95. The molecule has 0 aromatic heterocycles. The van der Waals surface area contributed by atoms with Crippen molar-refractivity contribution in [2.24, 2.45) is 5.92 Å². The lowest BCUT2D eigenvalue weighted by atomic mass is 10.1. The number of hydrogen-bond donors (Lipinski definition) is 0. The van der Waals surface area contributed by atoms with Crippen LogP contribution in [-0.4, -0.2) is 24.0 Å². The summed E-state index contributed by atoms with van der Waals surface area (Å²) in [6, 6.07) is 0. The Morgan fingerprint density at radius 3 is 2.90 bits per heavy atom. The van der Waals surface area contributed by atoms with Gasteiger partial charge in [0.25, 0.3) is 0 Å². The molecule has 0 unspecified atom stereocenters. The zero-order valence-corrected chi connectivity index (χ0v) is 5.28. The van der Waals surface area contributed by atoms with E-state index < -0.39 is 4.92 Å². The number of carbonyl (C=O) groups is 1. The fourth-order valence-corrected chi connectivity index (χ4v) is 0.892. The molecule has 0 saturated carbocycles. The predicted octanol–water partition coefficient (Wildman–Crippen LogP) is -0.174. The van der Waals surface area contributed by atoms with Crippen LogP contribution in [0.1, 0.15) is 6.42 Å². The molecule has 0 bridgehead atoms. The number of ether oxygens (including phenoxy) is 1. The quantitative estimate of drug-likeness (QED) is 0.307. The van der Waals surface area contributed by atoms with Crippen molar-refractivity contribution < 1.29 is 14.5 Å². The van der Waals surface area contributed by atoms with E-state index in [2.05, 4.69) is 4.74 Å². The zero-order valence-electron chi connectivity index (χ0n) is 5.28. The first-order valence-corrected chi connectivity index (χ1v) is 2.96. The van der Waals surface area contributed by atoms with Gasteiger partial charge in [0.05, 0.1) is 12.3 Å². The molecule has 0 radical (unpaired) electrons. The summed E-state index contributed by atoms with van der Waals surface area (Å²) in [5.41, 5.74) is 0. The molecule has 1 saturated heterocycles. The van der Waals surface area contributed by atoms with Crippen LogP contribution in [0.5, 0.6) is 0 Å². The second kappa shape index (κ2) is 2.64. The van der Waals surface area contributed by atoms with E-state index in [0.717, 1.165) is 0 Å². The molecule has 1 fully saturated rings. The van der Waals surface area contributed by atoms with E-state index in [4.69, 9.17) is 0 Å². The first-order chi connectivity index (χ1) is 4.68. The topological polar surface area (TPSA) is 69.4 Å². The minimum atomic E-state index is -0.424. The van der Waals surface area contributed by atoms with Crippen molar-refractivity contribution >= 4 is 5.97 Å². The minimum Gasteiger partial charge on any atom is -0.465 e. The van der Waals surface area contributed by atoms with Crippen molar-refractivity contribution in [1.82, 2.24) is 0 Å². The van der Waals surface area contributed by atoms with Gasteiger partial charge in [0.2, 0.25) is 6.54 Å². The molecule has 1 rings (SSSR count). The van der Waals surface area contributed by atoms with Gasteiger partial charge in [0.15, 0.2) is 0 Å². The molecule has 5 nitrogen and oxygen atoms in total. The highest BCUT2D eigenvalue weighted by molar-refractivity contribution is 5.71. The Bertz CT molecular complexity index is 167. The van der Waals surface area contributed by atoms with Gasteiger partial charge in [0, 0.05) is 4.92 Å². The number of cyclic esters (lactones) is 1. The van der Waals surface area contributed by atoms with Gasteiger partial charge in [0.1, 0.15) is 6.61 Å². The molecule has 0 N–H and O–H groups in total. The first-order valence-electron chi connectivity index (χ1n) is 2.96. The first kappa shape index (κ1) is 6.98. The van der Waals surface area contributed by atoms with E-state index in [9.17, 15) is 14.9 Å². The molecule has 10 heavy (non-hydrogen) atoms. The molecular formula is C5H7NO4. The fourth-order valence-electron chi connectivity index (χ4n) is 0.892. The van der Waals surface area contributed by atoms with Crippen molar-refractivity contribution in [3.8, 4) is 0 Å². The molecule has 1 aliphatic rings. The average Bonchev–Trinajstić information content (AvgIpc) is 2.13. The smallest absolute Gasteiger partial charge is 0.306 e. The summed E-state index contributed by atoms with van der Waals surface area (Å²) >= 11 is 0. The predicted molar refractivity (Wildman–Crippen MR) is 30.9 cm³/mol. The molecule has 0 amide bonds. The third-order valence-corrected chi connectivity index (χ3v) is 1.34. The van der Waals surface area contributed by atoms with Gasteiger partial charge < -0.3 is 4.74 Å². The third kappa shape index (κ3) is 1.68.